The molecule has 0 spiro atoms. The second-order valence-corrected chi connectivity index (χ2v) is 11.2. The molecule has 3 N–H and O–H groups in total. The van der Waals surface area contributed by atoms with Crippen LogP contribution in [0.5, 0.6) is 0 Å². The normalized spacial score (nSPS) is 20.2. The number of thiol groups is 1. The van der Waals surface area contributed by atoms with Crippen LogP contribution < -0.4 is 10.6 Å². The highest BCUT2D eigenvalue weighted by molar-refractivity contribution is 8.01. The molecule has 32 heavy (non-hydrogen) atoms. The standard InChI is InChI=1S/C13H14N8O6S5/c14-10-15-16-11(30-10)20(6(22)3-28)12-17-18-13(31-12)29-4-7(23)19-2-1-5-8(19)9(24)21(5)32(25,26)27/h5,8,28H,1-4H2,(H2,14,15)(H,25,26,27)/t5-,8+/m1/s1. The highest BCUT2D eigenvalue weighted by Gasteiger charge is 2.59. The Balaban J connectivity index is 1.41. The van der Waals surface area contributed by atoms with Gasteiger partial charge in [0.25, 0.3) is 5.91 Å². The Morgan fingerprint density at radius 3 is 2.56 bits per heavy atom. The maximum atomic E-state index is 12.6. The second kappa shape index (κ2) is 8.71. The third-order valence-corrected chi connectivity index (χ3v) is 8.60. The fourth-order valence-electron chi connectivity index (χ4n) is 3.34. The third-order valence-electron chi connectivity index (χ3n) is 4.62. The Labute approximate surface area is 198 Å². The molecule has 0 bridgehead atoms. The molecule has 2 aromatic rings. The smallest absolute Gasteiger partial charge is 0.362 e. The summed E-state index contributed by atoms with van der Waals surface area (Å²) in [6.07, 6.45) is 0.251. The number of nitrogen functional groups attached to an aromatic ring is 1. The van der Waals surface area contributed by atoms with Crippen molar-refractivity contribution < 1.29 is 27.4 Å². The number of carbonyl (C=O) groups excluding carboxylic acids is 3. The molecule has 2 atom stereocenters. The van der Waals surface area contributed by atoms with Crippen molar-refractivity contribution in [1.82, 2.24) is 29.6 Å². The molecule has 0 aliphatic carbocycles. The first kappa shape index (κ1) is 23.1. The SMILES string of the molecule is Nc1nnc(N(C(=O)CS)c2nnc(SCC(=O)N3CC[C@@H]4[C@H]3C(=O)N4S(=O)(=O)O)s2)s1. The number of nitrogens with zero attached hydrogens (tertiary/aromatic N) is 7. The fourth-order valence-corrected chi connectivity index (χ4v) is 6.81. The Bertz CT molecular complexity index is 1180. The van der Waals surface area contributed by atoms with E-state index in [0.29, 0.717) is 8.64 Å². The Morgan fingerprint density at radius 1 is 1.25 bits per heavy atom. The van der Waals surface area contributed by atoms with Crippen molar-refractivity contribution in [3.8, 4) is 0 Å². The summed E-state index contributed by atoms with van der Waals surface area (Å²) in [5.41, 5.74) is 5.58. The Kier molecular flexibility index (Phi) is 6.29. The molecule has 3 amide bonds. The topological polar surface area (TPSA) is 193 Å². The molecule has 2 fully saturated rings. The first-order valence-corrected chi connectivity index (χ1v) is 13.4. The molecule has 172 valence electrons. The van der Waals surface area contributed by atoms with E-state index in [0.717, 1.165) is 34.4 Å². The summed E-state index contributed by atoms with van der Waals surface area (Å²) >= 11 is 7.08. The highest BCUT2D eigenvalue weighted by atomic mass is 32.2. The van der Waals surface area contributed by atoms with Crippen LogP contribution in [-0.4, -0.2) is 90.4 Å². The van der Waals surface area contributed by atoms with E-state index in [1.807, 2.05) is 0 Å². The Morgan fingerprint density at radius 2 is 1.94 bits per heavy atom. The second-order valence-electron chi connectivity index (χ2n) is 6.45. The minimum Gasteiger partial charge on any atom is -0.374 e. The quantitative estimate of drug-likeness (QED) is 0.132. The summed E-state index contributed by atoms with van der Waals surface area (Å²) in [4.78, 5) is 39.5. The van der Waals surface area contributed by atoms with Crippen LogP contribution in [-0.2, 0) is 24.7 Å². The number of nitrogens with two attached hydrogens (primary N) is 1. The van der Waals surface area contributed by atoms with Gasteiger partial charge >= 0.3 is 10.3 Å². The number of amides is 3. The van der Waals surface area contributed by atoms with Gasteiger partial charge in [-0.1, -0.05) is 34.4 Å². The number of likely N-dealkylation sites (tertiary alicyclic amines) is 1. The van der Waals surface area contributed by atoms with Gasteiger partial charge in [-0.25, -0.2) is 9.21 Å². The number of carbonyl (C=O) groups is 3. The van der Waals surface area contributed by atoms with Crippen molar-refractivity contribution in [2.75, 3.05) is 28.7 Å². The van der Waals surface area contributed by atoms with Crippen molar-refractivity contribution >= 4 is 90.5 Å². The van der Waals surface area contributed by atoms with Crippen molar-refractivity contribution in [3.63, 3.8) is 0 Å². The lowest BCUT2D eigenvalue weighted by Gasteiger charge is -2.42. The zero-order chi connectivity index (χ0) is 23.2. The third kappa shape index (κ3) is 4.15. The van der Waals surface area contributed by atoms with Gasteiger partial charge in [0.05, 0.1) is 17.5 Å². The van der Waals surface area contributed by atoms with E-state index in [-0.39, 0.29) is 45.8 Å². The first-order chi connectivity index (χ1) is 15.1. The van der Waals surface area contributed by atoms with Crippen LogP contribution in [0.1, 0.15) is 6.42 Å². The number of fused-ring (bicyclic) bond motifs is 1. The van der Waals surface area contributed by atoms with E-state index in [4.69, 9.17) is 10.3 Å². The van der Waals surface area contributed by atoms with Crippen molar-refractivity contribution in [2.45, 2.75) is 22.8 Å². The summed E-state index contributed by atoms with van der Waals surface area (Å²) in [6.45, 7) is 0.191. The molecule has 2 aliphatic rings. The zero-order valence-corrected chi connectivity index (χ0v) is 19.9. The molecule has 4 rings (SSSR count). The predicted molar refractivity (Wildman–Crippen MR) is 118 cm³/mol. The Hall–Kier alpha value is -2.06. The van der Waals surface area contributed by atoms with Crippen molar-refractivity contribution in [1.29, 1.82) is 0 Å². The lowest BCUT2D eigenvalue weighted by molar-refractivity contribution is -0.150. The summed E-state index contributed by atoms with van der Waals surface area (Å²) < 4.78 is 32.5. The van der Waals surface area contributed by atoms with Gasteiger partial charge in [-0.2, -0.15) is 21.0 Å². The maximum Gasteiger partial charge on any atom is 0.362 e. The van der Waals surface area contributed by atoms with Crippen LogP contribution in [0, 0.1) is 0 Å². The number of β-lactam (4-membered cyclic amide) rings is 1. The number of hydrogen-bond acceptors (Lipinski definition) is 14. The maximum absolute atomic E-state index is 12.6. The molecule has 2 aromatic heterocycles. The molecule has 14 nitrogen and oxygen atoms in total. The summed E-state index contributed by atoms with van der Waals surface area (Å²) in [6, 6.07) is -1.65. The highest BCUT2D eigenvalue weighted by Crippen LogP contribution is 2.37. The molecule has 2 aliphatic heterocycles. The van der Waals surface area contributed by atoms with E-state index in [1.165, 1.54) is 9.80 Å². The van der Waals surface area contributed by atoms with Crippen LogP contribution in [0.4, 0.5) is 15.4 Å². The zero-order valence-electron chi connectivity index (χ0n) is 15.8. The van der Waals surface area contributed by atoms with Crippen LogP contribution in [0.15, 0.2) is 4.34 Å². The number of anilines is 3. The van der Waals surface area contributed by atoms with E-state index in [2.05, 4.69) is 33.0 Å². The molecule has 0 unspecified atom stereocenters. The van der Waals surface area contributed by atoms with Gasteiger partial charge in [0.2, 0.25) is 27.2 Å². The van der Waals surface area contributed by atoms with Gasteiger partial charge in [0.15, 0.2) is 4.34 Å². The average molecular weight is 539 g/mol. The molecule has 0 radical (unpaired) electrons. The summed E-state index contributed by atoms with van der Waals surface area (Å²) in [5.74, 6) is -1.83. The average Bonchev–Trinajstić information content (AvgIpc) is 3.44. The molecular weight excluding hydrogens is 525 g/mol. The predicted octanol–water partition coefficient (Wildman–Crippen LogP) is -0.727. The van der Waals surface area contributed by atoms with E-state index < -0.39 is 34.2 Å². The van der Waals surface area contributed by atoms with Crippen LogP contribution >= 0.6 is 47.1 Å². The van der Waals surface area contributed by atoms with Crippen molar-refractivity contribution in [3.05, 3.63) is 0 Å². The van der Waals surface area contributed by atoms with Gasteiger partial charge in [0, 0.05) is 6.54 Å². The number of hydrogen-bond donors (Lipinski definition) is 3. The first-order valence-electron chi connectivity index (χ1n) is 8.71. The van der Waals surface area contributed by atoms with Crippen LogP contribution in [0.3, 0.4) is 0 Å². The van der Waals surface area contributed by atoms with E-state index in [1.54, 1.807) is 0 Å². The molecule has 2 saturated heterocycles. The summed E-state index contributed by atoms with van der Waals surface area (Å²) in [7, 11) is -4.64. The number of thioether (sulfide) groups is 1. The van der Waals surface area contributed by atoms with Crippen LogP contribution in [0.2, 0.25) is 0 Å². The minimum absolute atomic E-state index is 0.0801. The number of aromatic nitrogens is 4. The van der Waals surface area contributed by atoms with Gasteiger partial charge in [0.1, 0.15) is 6.04 Å². The van der Waals surface area contributed by atoms with Crippen molar-refractivity contribution in [2.24, 2.45) is 0 Å². The molecule has 19 heteroatoms. The molecule has 0 saturated carbocycles. The van der Waals surface area contributed by atoms with E-state index >= 15 is 0 Å². The fraction of sp³-hybridized carbons (Fsp3) is 0.462. The largest absolute Gasteiger partial charge is 0.374 e. The lowest BCUT2D eigenvalue weighted by Crippen LogP contribution is -2.68. The lowest BCUT2D eigenvalue weighted by atomic mass is 10.0. The van der Waals surface area contributed by atoms with Gasteiger partial charge in [-0.05, 0) is 6.42 Å². The molecular formula is C13H14N8O6S5. The van der Waals surface area contributed by atoms with Gasteiger partial charge < -0.3 is 10.6 Å². The number of rotatable bonds is 7. The van der Waals surface area contributed by atoms with Gasteiger partial charge in [-0.15, -0.1) is 20.4 Å². The monoisotopic (exact) mass is 538 g/mol. The summed E-state index contributed by atoms with van der Waals surface area (Å²) in [5, 5.41) is 16.0. The van der Waals surface area contributed by atoms with E-state index in [9.17, 15) is 22.8 Å². The van der Waals surface area contributed by atoms with Gasteiger partial charge in [-0.3, -0.25) is 18.9 Å². The molecule has 0 aromatic carbocycles. The van der Waals surface area contributed by atoms with Crippen LogP contribution in [0.25, 0.3) is 0 Å². The minimum atomic E-state index is -4.64. The molecule has 4 heterocycles.